The number of rotatable bonds is 2. The monoisotopic (exact) mass is 262 g/mol. The summed E-state index contributed by atoms with van der Waals surface area (Å²) in [4.78, 5) is 12.5. The molecule has 0 aliphatic heterocycles. The Morgan fingerprint density at radius 1 is 1.16 bits per heavy atom. The average molecular weight is 262 g/mol. The Labute approximate surface area is 116 Å². The third-order valence-electron chi connectivity index (χ3n) is 5.99. The quantitative estimate of drug-likeness (QED) is 0.830. The first kappa shape index (κ1) is 14.4. The van der Waals surface area contributed by atoms with E-state index in [-0.39, 0.29) is 22.7 Å². The SMILES string of the molecule is CC1CCC(C#N)(NC(=O)C2C(C)(C)C2(C)C)CC1. The Morgan fingerprint density at radius 2 is 1.63 bits per heavy atom. The van der Waals surface area contributed by atoms with Gasteiger partial charge in [0, 0.05) is 5.92 Å². The first-order chi connectivity index (χ1) is 8.66. The molecule has 2 fully saturated rings. The maximum absolute atomic E-state index is 12.5. The smallest absolute Gasteiger partial charge is 0.225 e. The van der Waals surface area contributed by atoms with Crippen molar-refractivity contribution in [1.82, 2.24) is 5.32 Å². The predicted molar refractivity (Wildman–Crippen MR) is 75.2 cm³/mol. The molecule has 2 aliphatic rings. The van der Waals surface area contributed by atoms with Gasteiger partial charge in [-0.15, -0.1) is 0 Å². The van der Waals surface area contributed by atoms with Gasteiger partial charge in [0.25, 0.3) is 0 Å². The van der Waals surface area contributed by atoms with Gasteiger partial charge in [-0.1, -0.05) is 34.6 Å². The van der Waals surface area contributed by atoms with Gasteiger partial charge in [0.2, 0.25) is 5.91 Å². The molecule has 19 heavy (non-hydrogen) atoms. The van der Waals surface area contributed by atoms with E-state index in [0.29, 0.717) is 5.92 Å². The van der Waals surface area contributed by atoms with Crippen molar-refractivity contribution >= 4 is 5.91 Å². The first-order valence-corrected chi connectivity index (χ1v) is 7.39. The Balaban J connectivity index is 2.05. The molecule has 0 saturated heterocycles. The molecular formula is C16H26N2O. The van der Waals surface area contributed by atoms with Crippen LogP contribution in [0.4, 0.5) is 0 Å². The summed E-state index contributed by atoms with van der Waals surface area (Å²) in [7, 11) is 0. The van der Waals surface area contributed by atoms with Crippen molar-refractivity contribution in [2.75, 3.05) is 0 Å². The van der Waals surface area contributed by atoms with Crippen molar-refractivity contribution in [1.29, 1.82) is 5.26 Å². The number of amides is 1. The second kappa shape index (κ2) is 4.23. The molecule has 1 amide bonds. The third-order valence-corrected chi connectivity index (χ3v) is 5.99. The second-order valence-electron chi connectivity index (χ2n) is 7.74. The maximum atomic E-state index is 12.5. The summed E-state index contributed by atoms with van der Waals surface area (Å²) in [5, 5.41) is 12.6. The van der Waals surface area contributed by atoms with Crippen LogP contribution in [0.1, 0.15) is 60.3 Å². The van der Waals surface area contributed by atoms with Crippen molar-refractivity contribution in [3.8, 4) is 6.07 Å². The van der Waals surface area contributed by atoms with E-state index >= 15 is 0 Å². The molecule has 106 valence electrons. The lowest BCUT2D eigenvalue weighted by Gasteiger charge is -2.34. The minimum absolute atomic E-state index is 0.0320. The van der Waals surface area contributed by atoms with Gasteiger partial charge in [0.1, 0.15) is 5.54 Å². The molecule has 2 saturated carbocycles. The fraction of sp³-hybridized carbons (Fsp3) is 0.875. The van der Waals surface area contributed by atoms with Gasteiger partial charge >= 0.3 is 0 Å². The Kier molecular flexibility index (Phi) is 3.20. The van der Waals surface area contributed by atoms with Gasteiger partial charge in [-0.05, 0) is 42.4 Å². The number of nitrogens with one attached hydrogen (secondary N) is 1. The number of nitriles is 1. The number of nitrogens with zero attached hydrogens (tertiary/aromatic N) is 1. The van der Waals surface area contributed by atoms with E-state index in [9.17, 15) is 10.1 Å². The summed E-state index contributed by atoms with van der Waals surface area (Å²) < 4.78 is 0. The van der Waals surface area contributed by atoms with E-state index < -0.39 is 5.54 Å². The molecule has 0 atom stereocenters. The van der Waals surface area contributed by atoms with Crippen LogP contribution in [0.15, 0.2) is 0 Å². The molecular weight excluding hydrogens is 236 g/mol. The lowest BCUT2D eigenvalue weighted by molar-refractivity contribution is -0.125. The highest BCUT2D eigenvalue weighted by atomic mass is 16.2. The van der Waals surface area contributed by atoms with Crippen LogP contribution in [-0.2, 0) is 4.79 Å². The molecule has 1 N–H and O–H groups in total. The largest absolute Gasteiger partial charge is 0.338 e. The first-order valence-electron chi connectivity index (χ1n) is 7.39. The van der Waals surface area contributed by atoms with E-state index in [1.54, 1.807) is 0 Å². The van der Waals surface area contributed by atoms with Crippen molar-refractivity contribution in [3.63, 3.8) is 0 Å². The molecule has 3 nitrogen and oxygen atoms in total. The molecule has 0 aromatic rings. The van der Waals surface area contributed by atoms with Gasteiger partial charge < -0.3 is 5.32 Å². The van der Waals surface area contributed by atoms with Crippen molar-refractivity contribution < 1.29 is 4.79 Å². The fourth-order valence-corrected chi connectivity index (χ4v) is 3.68. The topological polar surface area (TPSA) is 52.9 Å². The maximum Gasteiger partial charge on any atom is 0.225 e. The Hall–Kier alpha value is -1.04. The molecule has 0 heterocycles. The number of hydrogen-bond acceptors (Lipinski definition) is 2. The van der Waals surface area contributed by atoms with Crippen molar-refractivity contribution in [2.24, 2.45) is 22.7 Å². The van der Waals surface area contributed by atoms with Crippen molar-refractivity contribution in [3.05, 3.63) is 0 Å². The van der Waals surface area contributed by atoms with Crippen LogP contribution in [0.25, 0.3) is 0 Å². The van der Waals surface area contributed by atoms with Gasteiger partial charge in [-0.3, -0.25) is 4.79 Å². The zero-order valence-corrected chi connectivity index (χ0v) is 12.8. The molecule has 0 spiro atoms. The lowest BCUT2D eigenvalue weighted by Crippen LogP contribution is -2.50. The standard InChI is InChI=1S/C16H26N2O/c1-11-6-8-16(10-17,9-7-11)18-13(19)12-14(2,3)15(12,4)5/h11-12H,6-9H2,1-5H3,(H,18,19). The number of carbonyl (C=O) groups excluding carboxylic acids is 1. The molecule has 3 heteroatoms. The molecule has 2 aliphatic carbocycles. The summed E-state index contributed by atoms with van der Waals surface area (Å²) in [5.41, 5.74) is -0.538. The van der Waals surface area contributed by atoms with Gasteiger partial charge in [0.05, 0.1) is 6.07 Å². The fourth-order valence-electron chi connectivity index (χ4n) is 3.68. The summed E-state index contributed by atoms with van der Waals surface area (Å²) >= 11 is 0. The van der Waals surface area contributed by atoms with Crippen LogP contribution in [-0.4, -0.2) is 11.4 Å². The van der Waals surface area contributed by atoms with Gasteiger partial charge in [-0.2, -0.15) is 5.26 Å². The molecule has 0 radical (unpaired) electrons. The van der Waals surface area contributed by atoms with E-state index in [4.69, 9.17) is 0 Å². The van der Waals surface area contributed by atoms with E-state index in [0.717, 1.165) is 25.7 Å². The lowest BCUT2D eigenvalue weighted by atomic mass is 9.78. The van der Waals surface area contributed by atoms with Crippen LogP contribution in [0, 0.1) is 34.0 Å². The second-order valence-corrected chi connectivity index (χ2v) is 7.74. The Bertz CT molecular complexity index is 409. The minimum Gasteiger partial charge on any atom is -0.338 e. The highest BCUT2D eigenvalue weighted by Gasteiger charge is 2.68. The van der Waals surface area contributed by atoms with E-state index in [1.807, 2.05) is 0 Å². The minimum atomic E-state index is -0.613. The van der Waals surface area contributed by atoms with Crippen LogP contribution in [0.5, 0.6) is 0 Å². The molecule has 2 rings (SSSR count). The summed E-state index contributed by atoms with van der Waals surface area (Å²) in [6, 6.07) is 2.37. The highest BCUT2D eigenvalue weighted by Crippen LogP contribution is 2.68. The molecule has 0 bridgehead atoms. The Morgan fingerprint density at radius 3 is 2.00 bits per heavy atom. The zero-order chi connectivity index (χ0) is 14.5. The normalized spacial score (nSPS) is 36.3. The summed E-state index contributed by atoms with van der Waals surface area (Å²) in [6.45, 7) is 10.8. The van der Waals surface area contributed by atoms with Crippen molar-refractivity contribution in [2.45, 2.75) is 65.8 Å². The summed E-state index contributed by atoms with van der Waals surface area (Å²) in [5.74, 6) is 0.780. The molecule has 0 aromatic carbocycles. The van der Waals surface area contributed by atoms with Crippen LogP contribution >= 0.6 is 0 Å². The third kappa shape index (κ3) is 2.16. The summed E-state index contributed by atoms with van der Waals surface area (Å²) in [6.07, 6.45) is 3.66. The van der Waals surface area contributed by atoms with E-state index in [2.05, 4.69) is 46.0 Å². The zero-order valence-electron chi connectivity index (χ0n) is 12.8. The predicted octanol–water partition coefficient (Wildman–Crippen LogP) is 3.26. The molecule has 0 aromatic heterocycles. The molecule has 0 unspecified atom stereocenters. The van der Waals surface area contributed by atoms with Crippen LogP contribution in [0.2, 0.25) is 0 Å². The van der Waals surface area contributed by atoms with Gasteiger partial charge in [-0.25, -0.2) is 0 Å². The number of carbonyl (C=O) groups is 1. The van der Waals surface area contributed by atoms with Crippen LogP contribution in [0.3, 0.4) is 0 Å². The van der Waals surface area contributed by atoms with E-state index in [1.165, 1.54) is 0 Å². The van der Waals surface area contributed by atoms with Gasteiger partial charge in [0.15, 0.2) is 0 Å². The van der Waals surface area contributed by atoms with Crippen LogP contribution < -0.4 is 5.32 Å². The number of hydrogen-bond donors (Lipinski definition) is 1. The highest BCUT2D eigenvalue weighted by molar-refractivity contribution is 5.85. The average Bonchev–Trinajstić information content (AvgIpc) is 2.73.